The van der Waals surface area contributed by atoms with E-state index in [4.69, 9.17) is 9.47 Å². The molecule has 42 heavy (non-hydrogen) atoms. The first-order valence-electron chi connectivity index (χ1n) is 14.7. The maximum atomic E-state index is 13.1. The summed E-state index contributed by atoms with van der Waals surface area (Å²) in [5.74, 6) is -1.57. The third kappa shape index (κ3) is 6.99. The lowest BCUT2D eigenvalue weighted by Gasteiger charge is -2.26. The van der Waals surface area contributed by atoms with Gasteiger partial charge in [-0.25, -0.2) is 9.59 Å². The van der Waals surface area contributed by atoms with Crippen LogP contribution in [0, 0.1) is 5.92 Å². The monoisotopic (exact) mass is 570 g/mol. The van der Waals surface area contributed by atoms with Crippen LogP contribution >= 0.6 is 0 Å². The third-order valence-corrected chi connectivity index (χ3v) is 8.43. The predicted molar refractivity (Wildman–Crippen MR) is 159 cm³/mol. The van der Waals surface area contributed by atoms with Crippen LogP contribution in [0.2, 0.25) is 0 Å². The molecule has 0 spiro atoms. The van der Waals surface area contributed by atoms with Crippen LogP contribution in [0.15, 0.2) is 78.9 Å². The van der Waals surface area contributed by atoms with Gasteiger partial charge in [0.15, 0.2) is 6.04 Å². The highest BCUT2D eigenvalue weighted by Gasteiger charge is 2.33. The molecule has 1 unspecified atom stereocenters. The highest BCUT2D eigenvalue weighted by molar-refractivity contribution is 5.84. The van der Waals surface area contributed by atoms with Gasteiger partial charge >= 0.3 is 12.1 Å². The number of aliphatic carboxylic acids is 1. The van der Waals surface area contributed by atoms with E-state index in [-0.39, 0.29) is 31.5 Å². The number of hydrogen-bond donors (Lipinski definition) is 3. The molecule has 0 aromatic heterocycles. The molecule has 0 radical (unpaired) electrons. The molecule has 8 nitrogen and oxygen atoms in total. The number of alkyl carbamates (subject to hydrolysis) is 1. The maximum absolute atomic E-state index is 13.1. The number of nitrogens with one attached hydrogen (secondary N) is 2. The van der Waals surface area contributed by atoms with Gasteiger partial charge in [-0.2, -0.15) is 0 Å². The number of benzene rings is 3. The normalized spacial score (nSPS) is 16.6. The van der Waals surface area contributed by atoms with Crippen LogP contribution < -0.4 is 10.6 Å². The fraction of sp³-hybridized carbons (Fsp3) is 0.382. The van der Waals surface area contributed by atoms with Crippen molar-refractivity contribution >= 4 is 18.0 Å². The molecule has 3 atom stereocenters. The molecule has 220 valence electrons. The Morgan fingerprint density at radius 3 is 2.07 bits per heavy atom. The van der Waals surface area contributed by atoms with E-state index in [2.05, 4.69) is 34.9 Å². The Bertz CT molecular complexity index is 1340. The molecule has 0 bridgehead atoms. The molecular formula is C34H38N2O6. The van der Waals surface area contributed by atoms with Gasteiger partial charge in [0, 0.05) is 18.4 Å². The molecule has 2 aliphatic rings. The zero-order valence-corrected chi connectivity index (χ0v) is 23.8. The van der Waals surface area contributed by atoms with Crippen LogP contribution in [-0.2, 0) is 25.7 Å². The van der Waals surface area contributed by atoms with Gasteiger partial charge in [0.1, 0.15) is 6.61 Å². The minimum Gasteiger partial charge on any atom is -0.480 e. The lowest BCUT2D eigenvalue weighted by Crippen LogP contribution is -2.51. The Hall–Kier alpha value is -4.17. The average molecular weight is 571 g/mol. The van der Waals surface area contributed by atoms with E-state index in [0.29, 0.717) is 0 Å². The van der Waals surface area contributed by atoms with E-state index in [1.54, 1.807) is 6.92 Å². The van der Waals surface area contributed by atoms with E-state index >= 15 is 0 Å². The maximum Gasteiger partial charge on any atom is 0.407 e. The lowest BCUT2D eigenvalue weighted by molar-refractivity contribution is -0.146. The summed E-state index contributed by atoms with van der Waals surface area (Å²) in [6.07, 6.45) is 2.46. The molecule has 0 saturated heterocycles. The largest absolute Gasteiger partial charge is 0.480 e. The number of carboxylic acids is 1. The number of carbonyl (C=O) groups is 3. The van der Waals surface area contributed by atoms with Gasteiger partial charge in [-0.15, -0.1) is 0 Å². The highest BCUT2D eigenvalue weighted by atomic mass is 16.5. The Morgan fingerprint density at radius 1 is 0.857 bits per heavy atom. The van der Waals surface area contributed by atoms with Crippen LogP contribution in [0.4, 0.5) is 4.79 Å². The molecular weight excluding hydrogens is 532 g/mol. The van der Waals surface area contributed by atoms with Gasteiger partial charge in [-0.05, 0) is 53.5 Å². The number of fused-ring (bicyclic) bond motifs is 3. The summed E-state index contributed by atoms with van der Waals surface area (Å²) in [5.41, 5.74) is 5.46. The standard InChI is InChI=1S/C34H38N2O6/c1-22(41-20-23-11-3-2-4-12-23)32(33(38)39)36-31(37)19-30(24-13-5-6-14-24)35-34(40)42-21-29-27-17-9-7-15-25(27)26-16-8-10-18-28(26)29/h2-4,7-12,15-18,22,24,29-30,32H,5-6,13-14,19-21H2,1H3,(H,35,40)(H,36,37)(H,38,39)/t22-,30?,32+/m0/s1. The Balaban J connectivity index is 1.19. The quantitative estimate of drug-likeness (QED) is 0.259. The van der Waals surface area contributed by atoms with Gasteiger partial charge in [-0.3, -0.25) is 4.79 Å². The molecule has 2 aliphatic carbocycles. The second-order valence-electron chi connectivity index (χ2n) is 11.2. The molecule has 3 aromatic rings. The summed E-state index contributed by atoms with van der Waals surface area (Å²) in [6, 6.07) is 24.1. The fourth-order valence-electron chi connectivity index (χ4n) is 6.20. The Kier molecular flexibility index (Phi) is 9.54. The van der Waals surface area contributed by atoms with Crippen molar-refractivity contribution in [2.24, 2.45) is 5.92 Å². The summed E-state index contributed by atoms with van der Waals surface area (Å²) < 4.78 is 11.5. The predicted octanol–water partition coefficient (Wildman–Crippen LogP) is 5.65. The summed E-state index contributed by atoms with van der Waals surface area (Å²) >= 11 is 0. The van der Waals surface area contributed by atoms with Crippen molar-refractivity contribution < 1.29 is 29.0 Å². The van der Waals surface area contributed by atoms with Crippen LogP contribution in [0.3, 0.4) is 0 Å². The molecule has 3 N–H and O–H groups in total. The topological polar surface area (TPSA) is 114 Å². The average Bonchev–Trinajstić information content (AvgIpc) is 3.65. The molecule has 0 aliphatic heterocycles. The van der Waals surface area contributed by atoms with E-state index in [1.807, 2.05) is 54.6 Å². The van der Waals surface area contributed by atoms with Crippen molar-refractivity contribution in [1.29, 1.82) is 0 Å². The first kappa shape index (κ1) is 29.3. The van der Waals surface area contributed by atoms with Crippen molar-refractivity contribution in [1.82, 2.24) is 10.6 Å². The van der Waals surface area contributed by atoms with Crippen molar-refractivity contribution in [3.8, 4) is 11.1 Å². The van der Waals surface area contributed by atoms with Crippen LogP contribution in [0.25, 0.3) is 11.1 Å². The SMILES string of the molecule is C[C@H](OCc1ccccc1)[C@@H](NC(=O)CC(NC(=O)OCC1c2ccccc2-c2ccccc21)C1CCCC1)C(=O)O. The van der Waals surface area contributed by atoms with E-state index < -0.39 is 36.2 Å². The minimum atomic E-state index is -1.22. The smallest absolute Gasteiger partial charge is 0.407 e. The summed E-state index contributed by atoms with van der Waals surface area (Å²) in [7, 11) is 0. The van der Waals surface area contributed by atoms with Crippen molar-refractivity contribution in [3.63, 3.8) is 0 Å². The van der Waals surface area contributed by atoms with E-state index in [9.17, 15) is 19.5 Å². The molecule has 0 heterocycles. The second kappa shape index (κ2) is 13.7. The number of carbonyl (C=O) groups excluding carboxylic acids is 2. The molecule has 1 saturated carbocycles. The minimum absolute atomic E-state index is 0.0377. The summed E-state index contributed by atoms with van der Waals surface area (Å²) in [4.78, 5) is 38.2. The van der Waals surface area contributed by atoms with Gasteiger partial charge in [-0.1, -0.05) is 91.7 Å². The Morgan fingerprint density at radius 2 is 1.45 bits per heavy atom. The van der Waals surface area contributed by atoms with Crippen molar-refractivity contribution in [2.45, 2.75) is 69.7 Å². The van der Waals surface area contributed by atoms with Gasteiger partial charge in [0.25, 0.3) is 0 Å². The number of hydrogen-bond acceptors (Lipinski definition) is 5. The van der Waals surface area contributed by atoms with E-state index in [0.717, 1.165) is 53.5 Å². The van der Waals surface area contributed by atoms with Crippen LogP contribution in [0.1, 0.15) is 61.6 Å². The van der Waals surface area contributed by atoms with Gasteiger partial charge < -0.3 is 25.2 Å². The highest BCUT2D eigenvalue weighted by Crippen LogP contribution is 2.44. The number of rotatable bonds is 12. The van der Waals surface area contributed by atoms with E-state index in [1.165, 1.54) is 0 Å². The molecule has 8 heteroatoms. The number of ether oxygens (including phenoxy) is 2. The van der Waals surface area contributed by atoms with Gasteiger partial charge in [0.2, 0.25) is 5.91 Å². The molecule has 2 amide bonds. The molecule has 1 fully saturated rings. The van der Waals surface area contributed by atoms with Gasteiger partial charge in [0.05, 0.1) is 12.7 Å². The Labute approximate surface area is 246 Å². The van der Waals surface area contributed by atoms with Crippen LogP contribution in [0.5, 0.6) is 0 Å². The lowest BCUT2D eigenvalue weighted by atomic mass is 9.95. The van der Waals surface area contributed by atoms with Crippen LogP contribution in [-0.4, -0.2) is 47.9 Å². The molecule has 5 rings (SSSR count). The number of amides is 2. The first-order valence-corrected chi connectivity index (χ1v) is 14.7. The fourth-order valence-corrected chi connectivity index (χ4v) is 6.20. The zero-order valence-electron chi connectivity index (χ0n) is 23.8. The zero-order chi connectivity index (χ0) is 29.5. The van der Waals surface area contributed by atoms with Crippen molar-refractivity contribution in [3.05, 3.63) is 95.6 Å². The first-order chi connectivity index (χ1) is 20.4. The summed E-state index contributed by atoms with van der Waals surface area (Å²) in [6.45, 7) is 2.04. The van der Waals surface area contributed by atoms with Crippen molar-refractivity contribution in [2.75, 3.05) is 6.61 Å². The number of carboxylic acid groups (broad SMARTS) is 1. The summed E-state index contributed by atoms with van der Waals surface area (Å²) in [5, 5.41) is 15.4. The molecule has 3 aromatic carbocycles. The third-order valence-electron chi connectivity index (χ3n) is 8.43. The second-order valence-corrected chi connectivity index (χ2v) is 11.2.